The summed E-state index contributed by atoms with van der Waals surface area (Å²) in [6.07, 6.45) is 8.41. The van der Waals surface area contributed by atoms with Crippen LogP contribution in [0.25, 0.3) is 28.2 Å². The van der Waals surface area contributed by atoms with Crippen LogP contribution in [0.1, 0.15) is 118 Å². The van der Waals surface area contributed by atoms with Crippen LogP contribution in [0.15, 0.2) is 97.6 Å². The Morgan fingerprint density at radius 1 is 0.591 bits per heavy atom. The molecule has 2 aromatic carbocycles. The fraction of sp³-hybridized carbons (Fsp3) is 0.453. The summed E-state index contributed by atoms with van der Waals surface area (Å²) in [5.41, 5.74) is -0.159. The number of carbonyl (C=O) groups excluding carboxylic acids is 5. The molecule has 6 aromatic heterocycles. The Morgan fingerprint density at radius 3 is 1.45 bits per heavy atom. The minimum atomic E-state index is -0.820. The predicted octanol–water partition coefficient (Wildman–Crippen LogP) is 8.02. The van der Waals surface area contributed by atoms with E-state index in [1.165, 1.54) is 69.6 Å². The van der Waals surface area contributed by atoms with Gasteiger partial charge in [0.05, 0.1) is 151 Å². The number of anilines is 4. The summed E-state index contributed by atoms with van der Waals surface area (Å²) in [7, 11) is 2.30. The van der Waals surface area contributed by atoms with Gasteiger partial charge in [0.15, 0.2) is 17.4 Å². The Labute approximate surface area is 666 Å². The number of aliphatic hydroxyl groups excluding tert-OH is 2. The molecule has 17 rings (SSSR count). The molecular weight excluding hydrogens is 1520 g/mol. The number of amides is 4. The van der Waals surface area contributed by atoms with Gasteiger partial charge in [0.2, 0.25) is 0 Å². The number of aromatic amines is 1. The van der Waals surface area contributed by atoms with Crippen LogP contribution < -0.4 is 19.6 Å². The number of nitrogens with one attached hydrogen (secondary N) is 3. The molecule has 35 nitrogen and oxygen atoms in total. The SMILES string of the molecule is C.CC(C)(C)OC(=O)N1Cc2nc(-c3c(F)cccc3C#N)cc(-n3ccc(N4CCC5(C4)OCCO5)n3)c2C1=O.CC(C)(C)OC(=O)N1Cc2nc(-c3c(F)cccc3C#N)cc(Cl)c2C1=O.N=Bn1ccc(N2CCC(=O)C2)n1.N=Bn1ccc(N2CCC3(C2)OCCO3)n1.OCCO.c1cc(N2CCC3(C2)OCCO3)[nH]n1. The van der Waals surface area contributed by atoms with Gasteiger partial charge in [-0.05, 0) is 77.9 Å². The van der Waals surface area contributed by atoms with Crippen molar-refractivity contribution in [3.05, 3.63) is 148 Å². The third kappa shape index (κ3) is 19.6. The summed E-state index contributed by atoms with van der Waals surface area (Å²) in [6, 6.07) is 22.5. The number of rotatable bonds is 10. The van der Waals surface area contributed by atoms with Crippen LogP contribution in [0, 0.1) is 44.9 Å². The Bertz CT molecular complexity index is 4960. The van der Waals surface area contributed by atoms with Crippen molar-refractivity contribution >= 4 is 79.1 Å². The normalized spacial score (nSPS) is 17.7. The summed E-state index contributed by atoms with van der Waals surface area (Å²) in [6.45, 7) is 19.2. The molecule has 8 aromatic rings. The van der Waals surface area contributed by atoms with Gasteiger partial charge >= 0.3 is 181 Å². The van der Waals surface area contributed by atoms with Crippen molar-refractivity contribution in [3.8, 4) is 40.3 Å². The zero-order valence-electron chi connectivity index (χ0n) is 63.4. The maximum atomic E-state index is 15.0. The Balaban J connectivity index is 0.000000149. The zero-order valence-corrected chi connectivity index (χ0v) is 64.1. The van der Waals surface area contributed by atoms with Crippen molar-refractivity contribution < 1.29 is 80.9 Å². The van der Waals surface area contributed by atoms with E-state index in [-0.39, 0.29) is 106 Å². The Morgan fingerprint density at radius 2 is 1.03 bits per heavy atom. The first kappa shape index (κ1) is 84.8. The number of ketones is 1. The number of Topliss-reactive ketones (excluding diaryl/α,β-unsaturated/α-hetero) is 1. The van der Waals surface area contributed by atoms with E-state index < -0.39 is 58.4 Å². The number of H-pyrrole nitrogens is 1. The molecule has 9 aliphatic heterocycles. The summed E-state index contributed by atoms with van der Waals surface area (Å²) in [5, 5.41) is 68.2. The fourth-order valence-electron chi connectivity index (χ4n) is 13.7. The number of nitrogens with zero attached hydrogens (tertiary/aromatic N) is 17. The molecule has 40 heteroatoms. The standard InChI is InChI=1S/C28H27FN6O5.C19H15ClFN3O3.C9H13BN4O2.C9H13N3O2.C7H9BN4O.C2H6O2.CH4/c1-27(2,3)40-26(37)34-15-20-24(25(34)36)21(13-19(31-20)23-17(14-30)5-4-6-18(23)29)35-9-7-22(32-35)33-10-8-28(16-33)38-11-12-39-28;1-19(2,3)27-18(26)24-9-14-16(17(24)25)11(20)7-13(23-14)15-10(8-22)5-4-6-12(15)21;11-10-14-3-1-8(12-14)13-4-2-9(7-13)15-5-6-16-9;1-3-10-11-8(1)12-4-2-9(7-12)13-5-6-14-9;9-8-12-4-2-7(10-12)11-3-1-6(13)5-11;3-1-2-4;/h4-7,9,13H,8,10-12,15-16H2,1-3H3;4-7H,9H2,1-3H3;1,3,11H,2,4-7H2;1,3H,2,4-7H2,(H,10,11);2,4,9H,1,3,5H2;3-4H,1-2H2;1H4. The summed E-state index contributed by atoms with van der Waals surface area (Å²) < 4.78 is 78.6. The molecule has 0 unspecified atom stereocenters. The topological polar surface area (TPSA) is 422 Å². The fourth-order valence-corrected chi connectivity index (χ4v) is 14.0. The van der Waals surface area contributed by atoms with Gasteiger partial charge in [-0.3, -0.25) is 14.7 Å². The van der Waals surface area contributed by atoms with Crippen LogP contribution in [0.4, 0.5) is 41.6 Å². The number of aromatic nitrogens is 10. The van der Waals surface area contributed by atoms with Crippen LogP contribution >= 0.6 is 11.6 Å². The van der Waals surface area contributed by atoms with E-state index in [0.717, 1.165) is 93.2 Å². The average molecular weight is 1600 g/mol. The number of pyridine rings is 2. The van der Waals surface area contributed by atoms with Gasteiger partial charge in [0, 0.05) is 44.3 Å². The first-order valence-corrected chi connectivity index (χ1v) is 36.9. The maximum absolute atomic E-state index is 15.0. The Kier molecular flexibility index (Phi) is 26.6. The van der Waals surface area contributed by atoms with Crippen LogP contribution in [0.3, 0.4) is 0 Å². The first-order chi connectivity index (χ1) is 54.6. The molecule has 0 bridgehead atoms. The van der Waals surface area contributed by atoms with Crippen molar-refractivity contribution in [1.82, 2.24) is 59.1 Å². The third-order valence-corrected chi connectivity index (χ3v) is 19.2. The second kappa shape index (κ2) is 36.1. The minimum Gasteiger partial charge on any atom is -0.394 e. The molecule has 5 N–H and O–H groups in total. The molecule has 115 heavy (non-hydrogen) atoms. The second-order valence-electron chi connectivity index (χ2n) is 29.1. The molecule has 0 atom stereocenters. The predicted molar refractivity (Wildman–Crippen MR) is 411 cm³/mol. The van der Waals surface area contributed by atoms with E-state index in [1.807, 2.05) is 40.1 Å². The van der Waals surface area contributed by atoms with Crippen LogP contribution in [0.2, 0.25) is 5.02 Å². The quantitative estimate of drug-likeness (QED) is 0.0809. The van der Waals surface area contributed by atoms with Gasteiger partial charge in [0.25, 0.3) is 11.8 Å². The summed E-state index contributed by atoms with van der Waals surface area (Å²) in [4.78, 5) is 81.2. The van der Waals surface area contributed by atoms with E-state index in [4.69, 9.17) is 75.4 Å². The van der Waals surface area contributed by atoms with Gasteiger partial charge in [0.1, 0.15) is 28.7 Å². The van der Waals surface area contributed by atoms with Crippen LogP contribution in [-0.2, 0) is 55.8 Å². The molecule has 3 spiro atoms. The molecular formula is C75H87B2ClF2N20O15. The largest absolute Gasteiger partial charge is 0.394 e. The number of fused-ring (bicyclic) bond motifs is 2. The zero-order chi connectivity index (χ0) is 81.3. The van der Waals surface area contributed by atoms with Crippen molar-refractivity contribution in [2.45, 2.75) is 116 Å². The number of ether oxygens (including phenoxy) is 8. The molecule has 7 saturated heterocycles. The van der Waals surface area contributed by atoms with Crippen molar-refractivity contribution in [2.24, 2.45) is 0 Å². The number of hydrogen-bond donors (Lipinski definition) is 5. The third-order valence-electron chi connectivity index (χ3n) is 18.9. The average Bonchev–Trinajstić information content (AvgIpc) is 1.61. The number of hydrogen-bond acceptors (Lipinski definition) is 29. The van der Waals surface area contributed by atoms with Gasteiger partial charge in [-0.25, -0.2) is 42.8 Å². The van der Waals surface area contributed by atoms with Gasteiger partial charge in [-0.2, -0.15) is 20.7 Å². The minimum absolute atomic E-state index is 0. The van der Waals surface area contributed by atoms with E-state index >= 15 is 4.39 Å². The van der Waals surface area contributed by atoms with Gasteiger partial charge < -0.3 is 48.4 Å². The number of benzene rings is 2. The van der Waals surface area contributed by atoms with Crippen molar-refractivity contribution in [3.63, 3.8) is 0 Å². The first-order valence-electron chi connectivity index (χ1n) is 36.5. The Hall–Kier alpha value is -11.1. The van der Waals surface area contributed by atoms with Crippen molar-refractivity contribution in [2.75, 3.05) is 125 Å². The van der Waals surface area contributed by atoms with Crippen molar-refractivity contribution in [1.29, 1.82) is 21.1 Å². The monoisotopic (exact) mass is 1600 g/mol. The number of carbonyl (C=O) groups is 5. The van der Waals surface area contributed by atoms with Crippen LogP contribution in [0.5, 0.6) is 0 Å². The molecule has 4 amide bonds. The number of aliphatic hydroxyl groups is 2. The second-order valence-corrected chi connectivity index (χ2v) is 29.5. The van der Waals surface area contributed by atoms with Gasteiger partial charge in [-0.15, -0.1) is 0 Å². The number of nitriles is 2. The summed E-state index contributed by atoms with van der Waals surface area (Å²) in [5.74, 6) is -0.302. The van der Waals surface area contributed by atoms with Gasteiger partial charge in [-0.1, -0.05) is 31.2 Å². The summed E-state index contributed by atoms with van der Waals surface area (Å²) >= 11 is 6.23. The molecule has 0 aliphatic carbocycles. The number of halogens is 3. The van der Waals surface area contributed by atoms with E-state index in [0.29, 0.717) is 70.4 Å². The maximum Gasteiger partial charge on any atom is 0.187 e. The van der Waals surface area contributed by atoms with E-state index in [1.54, 1.807) is 72.4 Å². The smallest absolute Gasteiger partial charge is 0.187 e. The molecule has 7 fully saturated rings. The van der Waals surface area contributed by atoms with Crippen LogP contribution in [-0.4, -0.2) is 247 Å². The molecule has 0 radical (unpaired) electrons. The molecule has 604 valence electrons. The number of imide groups is 2. The molecule has 15 heterocycles. The van der Waals surface area contributed by atoms with E-state index in [2.05, 4.69) is 40.2 Å². The van der Waals surface area contributed by atoms with E-state index in [9.17, 15) is 38.9 Å². The molecule has 9 aliphatic rings. The molecule has 0 saturated carbocycles.